The summed E-state index contributed by atoms with van der Waals surface area (Å²) in [5, 5.41) is 22.3. The number of aliphatic hydroxyl groups is 2. The number of allylic oxidation sites excluding steroid dienone is 1. The summed E-state index contributed by atoms with van der Waals surface area (Å²) >= 11 is 6.04. The van der Waals surface area contributed by atoms with Gasteiger partial charge in [0.25, 0.3) is 0 Å². The monoisotopic (exact) mass is 412 g/mol. The van der Waals surface area contributed by atoms with Gasteiger partial charge in [-0.1, -0.05) is 55.3 Å². The van der Waals surface area contributed by atoms with Crippen LogP contribution in [0.5, 0.6) is 0 Å². The summed E-state index contributed by atoms with van der Waals surface area (Å²) in [5.41, 5.74) is 4.06. The van der Waals surface area contributed by atoms with Crippen molar-refractivity contribution in [2.24, 2.45) is 28.6 Å². The van der Waals surface area contributed by atoms with E-state index >= 15 is 0 Å². The number of halogens is 1. The summed E-state index contributed by atoms with van der Waals surface area (Å²) in [5.74, 6) is 1.87. The van der Waals surface area contributed by atoms with Crippen LogP contribution in [0.2, 0.25) is 5.02 Å². The van der Waals surface area contributed by atoms with E-state index in [9.17, 15) is 10.2 Å². The van der Waals surface area contributed by atoms with E-state index in [2.05, 4.69) is 26.0 Å². The van der Waals surface area contributed by atoms with Crippen LogP contribution in [0.3, 0.4) is 0 Å². The summed E-state index contributed by atoms with van der Waals surface area (Å²) < 4.78 is 0. The van der Waals surface area contributed by atoms with Gasteiger partial charge in [-0.2, -0.15) is 0 Å². The predicted molar refractivity (Wildman–Crippen MR) is 119 cm³/mol. The summed E-state index contributed by atoms with van der Waals surface area (Å²) in [7, 11) is 0. The molecule has 1 aromatic carbocycles. The molecule has 3 fully saturated rings. The minimum Gasteiger partial charge on any atom is -0.393 e. The molecule has 0 aromatic heterocycles. The molecule has 0 unspecified atom stereocenters. The minimum absolute atomic E-state index is 0.0185. The minimum atomic E-state index is -0.351. The Bertz CT molecular complexity index is 856. The van der Waals surface area contributed by atoms with Gasteiger partial charge in [-0.3, -0.25) is 0 Å². The molecule has 29 heavy (non-hydrogen) atoms. The van der Waals surface area contributed by atoms with Crippen LogP contribution in [-0.4, -0.2) is 22.4 Å². The largest absolute Gasteiger partial charge is 0.393 e. The highest BCUT2D eigenvalue weighted by atomic mass is 35.5. The van der Waals surface area contributed by atoms with E-state index in [0.29, 0.717) is 17.8 Å². The van der Waals surface area contributed by atoms with Crippen LogP contribution < -0.4 is 0 Å². The van der Waals surface area contributed by atoms with Gasteiger partial charge in [0.2, 0.25) is 0 Å². The summed E-state index contributed by atoms with van der Waals surface area (Å²) in [4.78, 5) is 0. The van der Waals surface area contributed by atoms with E-state index < -0.39 is 0 Å². The first-order chi connectivity index (χ1) is 13.8. The zero-order valence-corrected chi connectivity index (χ0v) is 18.3. The third-order valence-electron chi connectivity index (χ3n) is 9.17. The molecule has 7 atom stereocenters. The van der Waals surface area contributed by atoms with E-state index in [1.54, 1.807) is 0 Å². The molecular weight excluding hydrogens is 380 g/mol. The SMILES string of the molecule is C[C@]12CC[C@@H]3[C@H](CC=C4C[C@H](O)CC[C@@]43C)[C@H]1C/C(=C\c1ccc(Cl)cc1)[C@@H]2O. The van der Waals surface area contributed by atoms with Crippen molar-refractivity contribution in [2.45, 2.75) is 71.0 Å². The molecule has 0 heterocycles. The average molecular weight is 413 g/mol. The van der Waals surface area contributed by atoms with Crippen molar-refractivity contribution in [1.82, 2.24) is 0 Å². The van der Waals surface area contributed by atoms with E-state index in [-0.39, 0.29) is 23.0 Å². The van der Waals surface area contributed by atoms with Crippen LogP contribution >= 0.6 is 11.6 Å². The van der Waals surface area contributed by atoms with Gasteiger partial charge in [0.05, 0.1) is 12.2 Å². The maximum atomic E-state index is 11.3. The van der Waals surface area contributed by atoms with Crippen molar-refractivity contribution in [3.05, 3.63) is 52.1 Å². The molecule has 0 spiro atoms. The van der Waals surface area contributed by atoms with Crippen LogP contribution in [0, 0.1) is 28.6 Å². The average Bonchev–Trinajstić information content (AvgIpc) is 2.95. The Morgan fingerprint density at radius 3 is 2.52 bits per heavy atom. The van der Waals surface area contributed by atoms with Gasteiger partial charge in [-0.25, -0.2) is 0 Å². The Morgan fingerprint density at radius 1 is 1.00 bits per heavy atom. The van der Waals surface area contributed by atoms with Gasteiger partial charge in [0.1, 0.15) is 0 Å². The molecular formula is C26H33ClO2. The predicted octanol–water partition coefficient (Wildman–Crippen LogP) is 6.02. The Balaban J connectivity index is 1.46. The lowest BCUT2D eigenvalue weighted by atomic mass is 9.48. The lowest BCUT2D eigenvalue weighted by Crippen LogP contribution is -2.51. The first-order valence-corrected chi connectivity index (χ1v) is 11.7. The topological polar surface area (TPSA) is 40.5 Å². The van der Waals surface area contributed by atoms with E-state index in [1.807, 2.05) is 24.3 Å². The summed E-state index contributed by atoms with van der Waals surface area (Å²) in [6, 6.07) is 7.93. The van der Waals surface area contributed by atoms with Crippen LogP contribution in [0.15, 0.2) is 41.5 Å². The molecule has 5 rings (SSSR count). The fourth-order valence-electron chi connectivity index (χ4n) is 7.41. The molecule has 0 aliphatic heterocycles. The molecule has 3 heteroatoms. The molecule has 1 aromatic rings. The van der Waals surface area contributed by atoms with E-state index in [4.69, 9.17) is 11.6 Å². The standard InChI is InChI=1S/C26H33ClO2/c1-25-11-9-20(28)15-18(25)5-8-21-22(25)10-12-26(2)23(21)14-17(24(26)29)13-16-3-6-19(27)7-4-16/h3-7,13,20-24,28-29H,8-12,14-15H2,1-2H3/b17-13+/t20-,21+,22-,23-,24+,25+,26+/m1/s1. The van der Waals surface area contributed by atoms with Crippen LogP contribution in [0.4, 0.5) is 0 Å². The summed E-state index contributed by atoms with van der Waals surface area (Å²) in [6.45, 7) is 4.79. The smallest absolute Gasteiger partial charge is 0.0809 e. The molecule has 0 amide bonds. The number of aliphatic hydroxyl groups excluding tert-OH is 2. The van der Waals surface area contributed by atoms with Gasteiger partial charge in [-0.05, 0) is 91.4 Å². The van der Waals surface area contributed by atoms with Crippen molar-refractivity contribution in [3.8, 4) is 0 Å². The van der Waals surface area contributed by atoms with Crippen molar-refractivity contribution in [2.75, 3.05) is 0 Å². The van der Waals surface area contributed by atoms with Crippen LogP contribution in [0.1, 0.15) is 64.4 Å². The molecule has 2 nitrogen and oxygen atoms in total. The Hall–Kier alpha value is -1.09. The zero-order chi connectivity index (χ0) is 20.4. The Morgan fingerprint density at radius 2 is 1.76 bits per heavy atom. The number of rotatable bonds is 1. The first kappa shape index (κ1) is 19.8. The quantitative estimate of drug-likeness (QED) is 0.554. The number of hydrogen-bond donors (Lipinski definition) is 2. The third kappa shape index (κ3) is 3.06. The molecule has 4 aliphatic rings. The van der Waals surface area contributed by atoms with E-state index in [0.717, 1.165) is 49.1 Å². The van der Waals surface area contributed by atoms with Crippen LogP contribution in [-0.2, 0) is 0 Å². The Kier molecular flexibility index (Phi) is 4.77. The first-order valence-electron chi connectivity index (χ1n) is 11.3. The molecule has 0 radical (unpaired) electrons. The highest BCUT2D eigenvalue weighted by molar-refractivity contribution is 6.30. The fourth-order valence-corrected chi connectivity index (χ4v) is 7.54. The second-order valence-corrected chi connectivity index (χ2v) is 11.0. The lowest BCUT2D eigenvalue weighted by Gasteiger charge is -2.57. The van der Waals surface area contributed by atoms with Crippen molar-refractivity contribution < 1.29 is 10.2 Å². The Labute approximate surface area is 179 Å². The van der Waals surface area contributed by atoms with Crippen molar-refractivity contribution in [3.63, 3.8) is 0 Å². The lowest BCUT2D eigenvalue weighted by molar-refractivity contribution is -0.0685. The second kappa shape index (κ2) is 6.97. The molecule has 0 bridgehead atoms. The third-order valence-corrected chi connectivity index (χ3v) is 9.42. The highest BCUT2D eigenvalue weighted by Crippen LogP contribution is 2.65. The van der Waals surface area contributed by atoms with Crippen molar-refractivity contribution in [1.29, 1.82) is 0 Å². The molecule has 3 saturated carbocycles. The van der Waals surface area contributed by atoms with Gasteiger partial charge in [0, 0.05) is 10.4 Å². The van der Waals surface area contributed by atoms with Crippen LogP contribution in [0.25, 0.3) is 6.08 Å². The van der Waals surface area contributed by atoms with Gasteiger partial charge in [0.15, 0.2) is 0 Å². The van der Waals surface area contributed by atoms with E-state index in [1.165, 1.54) is 17.6 Å². The van der Waals surface area contributed by atoms with Crippen molar-refractivity contribution >= 4 is 17.7 Å². The summed E-state index contributed by atoms with van der Waals surface area (Å²) in [6.07, 6.45) is 11.5. The number of benzene rings is 1. The molecule has 156 valence electrons. The molecule has 0 saturated heterocycles. The highest BCUT2D eigenvalue weighted by Gasteiger charge is 2.59. The zero-order valence-electron chi connectivity index (χ0n) is 17.6. The number of hydrogen-bond acceptors (Lipinski definition) is 2. The van der Waals surface area contributed by atoms with Gasteiger partial charge < -0.3 is 10.2 Å². The number of fused-ring (bicyclic) bond motifs is 5. The normalized spacial score (nSPS) is 45.3. The maximum Gasteiger partial charge on any atom is 0.0809 e. The fraction of sp³-hybridized carbons (Fsp3) is 0.615. The van der Waals surface area contributed by atoms with Gasteiger partial charge >= 0.3 is 0 Å². The molecule has 4 aliphatic carbocycles. The van der Waals surface area contributed by atoms with Gasteiger partial charge in [-0.15, -0.1) is 0 Å². The molecule has 2 N–H and O–H groups in total. The maximum absolute atomic E-state index is 11.3. The second-order valence-electron chi connectivity index (χ2n) is 10.6.